The minimum atomic E-state index is -0.898. The Balaban J connectivity index is 1.66. The van der Waals surface area contributed by atoms with Gasteiger partial charge in [0.15, 0.2) is 17.3 Å². The molecule has 1 heterocycles. The Morgan fingerprint density at radius 1 is 1.03 bits per heavy atom. The van der Waals surface area contributed by atoms with E-state index in [0.29, 0.717) is 27.8 Å². The Morgan fingerprint density at radius 3 is 2.36 bits per heavy atom. The molecule has 4 N–H and O–H groups in total. The number of hydrogen-bond donors (Lipinski definition) is 3. The van der Waals surface area contributed by atoms with Crippen LogP contribution in [0.15, 0.2) is 30.5 Å². The van der Waals surface area contributed by atoms with Gasteiger partial charge in [0.1, 0.15) is 11.3 Å². The number of Topliss-reactive ketones (excluding diaryl/α,β-unsaturated/α-hetero) is 1. The molecule has 8 heteroatoms. The molecule has 2 fully saturated rings. The van der Waals surface area contributed by atoms with Gasteiger partial charge < -0.3 is 16.2 Å². The van der Waals surface area contributed by atoms with E-state index in [9.17, 15) is 14.3 Å². The number of ketones is 1. The number of phenolic OH excluding ortho intramolecular Hbond substituents is 1. The summed E-state index contributed by atoms with van der Waals surface area (Å²) in [6, 6.07) is 5.70. The van der Waals surface area contributed by atoms with Crippen LogP contribution in [-0.4, -0.2) is 28.0 Å². The number of benzene rings is 2. The van der Waals surface area contributed by atoms with E-state index in [2.05, 4.69) is 10.3 Å². The van der Waals surface area contributed by atoms with E-state index in [4.69, 9.17) is 17.3 Å². The molecule has 0 aliphatic heterocycles. The van der Waals surface area contributed by atoms with Crippen LogP contribution in [0.25, 0.3) is 22.0 Å². The number of nitrogens with zero attached hydrogens (tertiary/aromatic N) is 1. The van der Waals surface area contributed by atoms with Crippen LogP contribution >= 0.6 is 11.6 Å². The Labute approximate surface area is 195 Å². The molecule has 2 aliphatic carbocycles. The second kappa shape index (κ2) is 8.54. The van der Waals surface area contributed by atoms with Crippen molar-refractivity contribution in [1.29, 1.82) is 0 Å². The van der Waals surface area contributed by atoms with Crippen LogP contribution in [0.5, 0.6) is 5.75 Å². The lowest BCUT2D eigenvalue weighted by Gasteiger charge is -2.29. The quantitative estimate of drug-likeness (QED) is 0.408. The molecule has 33 heavy (non-hydrogen) atoms. The zero-order chi connectivity index (χ0) is 23.3. The van der Waals surface area contributed by atoms with Crippen molar-refractivity contribution in [3.63, 3.8) is 0 Å². The third kappa shape index (κ3) is 4.27. The minimum absolute atomic E-state index is 0.00365. The largest absolute Gasteiger partial charge is 0.504 e. The normalized spacial score (nSPS) is 20.7. The molecule has 0 atom stereocenters. The first-order chi connectivity index (χ1) is 15.8. The molecule has 0 amide bonds. The molecule has 2 aromatic carbocycles. The first kappa shape index (κ1) is 22.0. The van der Waals surface area contributed by atoms with Gasteiger partial charge in [-0.25, -0.2) is 8.78 Å². The maximum atomic E-state index is 15.2. The number of hydrogen-bond acceptors (Lipinski definition) is 5. The molecule has 3 aromatic rings. The zero-order valence-electron chi connectivity index (χ0n) is 17.9. The lowest BCUT2D eigenvalue weighted by atomic mass is 9.91. The van der Waals surface area contributed by atoms with Crippen molar-refractivity contribution >= 4 is 34.0 Å². The summed E-state index contributed by atoms with van der Waals surface area (Å²) in [6.45, 7) is 0. The number of pyridine rings is 1. The second-order valence-corrected chi connectivity index (χ2v) is 9.49. The summed E-state index contributed by atoms with van der Waals surface area (Å²) in [4.78, 5) is 17.3. The van der Waals surface area contributed by atoms with Gasteiger partial charge in [-0.05, 0) is 73.9 Å². The first-order valence-electron chi connectivity index (χ1n) is 11.2. The van der Waals surface area contributed by atoms with E-state index in [1.165, 1.54) is 18.3 Å². The van der Waals surface area contributed by atoms with Crippen molar-refractivity contribution in [3.8, 4) is 16.9 Å². The van der Waals surface area contributed by atoms with Gasteiger partial charge >= 0.3 is 0 Å². The van der Waals surface area contributed by atoms with Crippen LogP contribution in [0.1, 0.15) is 48.9 Å². The monoisotopic (exact) mass is 471 g/mol. The average molecular weight is 472 g/mol. The van der Waals surface area contributed by atoms with E-state index < -0.39 is 17.4 Å². The number of halogens is 3. The number of anilines is 1. The Kier molecular flexibility index (Phi) is 5.70. The molecule has 0 unspecified atom stereocenters. The number of carbonyl (C=O) groups excluding carboxylic acids is 1. The molecular formula is C25H24ClF2N3O2. The molecular weight excluding hydrogens is 448 g/mol. The lowest BCUT2D eigenvalue weighted by molar-refractivity contribution is 0.0968. The van der Waals surface area contributed by atoms with Crippen molar-refractivity contribution in [2.24, 2.45) is 11.7 Å². The van der Waals surface area contributed by atoms with Crippen LogP contribution < -0.4 is 11.1 Å². The Bertz CT molecular complexity index is 1230. The maximum absolute atomic E-state index is 15.2. The zero-order valence-corrected chi connectivity index (χ0v) is 18.6. The van der Waals surface area contributed by atoms with Crippen molar-refractivity contribution in [3.05, 3.63) is 52.7 Å². The van der Waals surface area contributed by atoms with Crippen molar-refractivity contribution in [2.45, 2.75) is 50.6 Å². The number of rotatable bonds is 5. The van der Waals surface area contributed by atoms with E-state index in [1.807, 2.05) is 0 Å². The lowest BCUT2D eigenvalue weighted by Crippen LogP contribution is -2.33. The van der Waals surface area contributed by atoms with E-state index in [1.54, 1.807) is 6.07 Å². The topological polar surface area (TPSA) is 88.2 Å². The fraction of sp³-hybridized carbons (Fsp3) is 0.360. The number of aromatic nitrogens is 1. The van der Waals surface area contributed by atoms with Crippen molar-refractivity contribution < 1.29 is 18.7 Å². The SMILES string of the molecule is N[C@H]1CC[C@H](Nc2c(C(=O)C3CC3)cnc3c(F)cc(-c4cc(F)c(O)c(Cl)c4)cc23)CC1. The van der Waals surface area contributed by atoms with Gasteiger partial charge in [-0.2, -0.15) is 0 Å². The van der Waals surface area contributed by atoms with E-state index in [-0.39, 0.29) is 34.3 Å². The van der Waals surface area contributed by atoms with Crippen LogP contribution in [-0.2, 0) is 0 Å². The highest BCUT2D eigenvalue weighted by Gasteiger charge is 2.33. The summed E-state index contributed by atoms with van der Waals surface area (Å²) in [6.07, 6.45) is 6.59. The molecule has 0 spiro atoms. The minimum Gasteiger partial charge on any atom is -0.504 e. The highest BCUT2D eigenvalue weighted by molar-refractivity contribution is 6.32. The molecule has 172 valence electrons. The van der Waals surface area contributed by atoms with E-state index in [0.717, 1.165) is 44.6 Å². The second-order valence-electron chi connectivity index (χ2n) is 9.08. The number of phenols is 1. The maximum Gasteiger partial charge on any atom is 0.170 e. The molecule has 0 bridgehead atoms. The molecule has 1 aromatic heterocycles. The van der Waals surface area contributed by atoms with Gasteiger partial charge in [0.25, 0.3) is 0 Å². The molecule has 2 saturated carbocycles. The van der Waals surface area contributed by atoms with Gasteiger partial charge in [-0.15, -0.1) is 0 Å². The van der Waals surface area contributed by atoms with Crippen LogP contribution in [0.3, 0.4) is 0 Å². The highest BCUT2D eigenvalue weighted by atomic mass is 35.5. The van der Waals surface area contributed by atoms with Crippen LogP contribution in [0.2, 0.25) is 5.02 Å². The molecule has 0 saturated heterocycles. The molecule has 2 aliphatic rings. The first-order valence-corrected chi connectivity index (χ1v) is 11.6. The summed E-state index contributed by atoms with van der Waals surface area (Å²) in [5.74, 6) is -2.16. The predicted molar refractivity (Wildman–Crippen MR) is 125 cm³/mol. The average Bonchev–Trinajstić information content (AvgIpc) is 3.64. The summed E-state index contributed by atoms with van der Waals surface area (Å²) >= 11 is 5.94. The summed E-state index contributed by atoms with van der Waals surface area (Å²) in [5.41, 5.74) is 7.86. The number of nitrogens with two attached hydrogens (primary N) is 1. The number of fused-ring (bicyclic) bond motifs is 1. The molecule has 5 nitrogen and oxygen atoms in total. The summed E-state index contributed by atoms with van der Waals surface area (Å²) < 4.78 is 29.3. The van der Waals surface area contributed by atoms with Gasteiger partial charge in [0, 0.05) is 29.6 Å². The third-order valence-corrected chi connectivity index (χ3v) is 6.90. The third-order valence-electron chi connectivity index (χ3n) is 6.61. The van der Waals surface area contributed by atoms with Crippen LogP contribution in [0.4, 0.5) is 14.5 Å². The molecule has 0 radical (unpaired) electrons. The number of aromatic hydroxyl groups is 1. The predicted octanol–water partition coefficient (Wildman–Crippen LogP) is 5.81. The Hall–Kier alpha value is -2.77. The van der Waals surface area contributed by atoms with Crippen LogP contribution in [0, 0.1) is 17.6 Å². The summed E-state index contributed by atoms with van der Waals surface area (Å²) in [7, 11) is 0. The van der Waals surface area contributed by atoms with Crippen molar-refractivity contribution in [2.75, 3.05) is 5.32 Å². The van der Waals surface area contributed by atoms with Gasteiger partial charge in [-0.1, -0.05) is 11.6 Å². The highest BCUT2D eigenvalue weighted by Crippen LogP contribution is 2.40. The summed E-state index contributed by atoms with van der Waals surface area (Å²) in [5, 5.41) is 13.4. The smallest absolute Gasteiger partial charge is 0.170 e. The van der Waals surface area contributed by atoms with Gasteiger partial charge in [0.05, 0.1) is 16.3 Å². The Morgan fingerprint density at radius 2 is 1.70 bits per heavy atom. The van der Waals surface area contributed by atoms with Crippen molar-refractivity contribution in [1.82, 2.24) is 4.98 Å². The standard InChI is InChI=1S/C25H24ClF2N3O2/c26-19-8-14(10-21(28)25(19)33)13-7-17-22(31-16-5-3-15(29)4-6-16)18(24(32)12-1-2-12)11-30-23(17)20(27)9-13/h7-12,15-16,33H,1-6,29H2,(H,30,31)/t15-,16-. The number of nitrogens with one attached hydrogen (secondary N) is 1. The van der Waals surface area contributed by atoms with Gasteiger partial charge in [0.2, 0.25) is 0 Å². The van der Waals surface area contributed by atoms with E-state index >= 15 is 4.39 Å². The fourth-order valence-corrected chi connectivity index (χ4v) is 4.74. The fourth-order valence-electron chi connectivity index (χ4n) is 4.53. The van der Waals surface area contributed by atoms with Gasteiger partial charge in [-0.3, -0.25) is 9.78 Å². The molecule has 5 rings (SSSR count). The number of carbonyl (C=O) groups is 1.